The van der Waals surface area contributed by atoms with Crippen LogP contribution < -0.4 is 4.90 Å². The van der Waals surface area contributed by atoms with Crippen LogP contribution in [0.4, 0.5) is 11.4 Å². The Morgan fingerprint density at radius 3 is 2.70 bits per heavy atom. The summed E-state index contributed by atoms with van der Waals surface area (Å²) in [5.74, 6) is -0.970. The molecule has 1 N–H and O–H groups in total. The molecule has 0 saturated carbocycles. The number of aromatic carboxylic acids is 1. The van der Waals surface area contributed by atoms with Gasteiger partial charge in [0, 0.05) is 29.6 Å². The van der Waals surface area contributed by atoms with Gasteiger partial charge < -0.3 is 10.0 Å². The van der Waals surface area contributed by atoms with Crippen molar-refractivity contribution in [3.05, 3.63) is 64.2 Å². The second-order valence-electron chi connectivity index (χ2n) is 7.23. The minimum absolute atomic E-state index is 0.0674. The monoisotopic (exact) mass is 382 g/mol. The van der Waals surface area contributed by atoms with Gasteiger partial charge >= 0.3 is 5.97 Å². The average Bonchev–Trinajstić information content (AvgIpc) is 2.60. The Kier molecular flexibility index (Phi) is 5.11. The molecule has 1 aliphatic rings. The van der Waals surface area contributed by atoms with Crippen molar-refractivity contribution in [3.8, 4) is 0 Å². The Labute approximate surface area is 164 Å². The molecular weight excluding hydrogens is 360 g/mol. The van der Waals surface area contributed by atoms with Gasteiger partial charge in [-0.2, -0.15) is 0 Å². The average molecular weight is 383 g/mol. The number of allylic oxidation sites excluding steroid dienone is 1. The van der Waals surface area contributed by atoms with Gasteiger partial charge in [-0.15, -0.1) is 0 Å². The first kappa shape index (κ1) is 19.2. The number of halogens is 1. The topological polar surface area (TPSA) is 52.9 Å². The van der Waals surface area contributed by atoms with E-state index in [-0.39, 0.29) is 11.1 Å². The van der Waals surface area contributed by atoms with Crippen molar-refractivity contribution in [3.63, 3.8) is 0 Å². The molecule has 0 bridgehead atoms. The molecule has 0 amide bonds. The summed E-state index contributed by atoms with van der Waals surface area (Å²) in [6, 6.07) is 10.6. The van der Waals surface area contributed by atoms with Crippen molar-refractivity contribution in [1.29, 1.82) is 0 Å². The molecule has 0 aromatic heterocycles. The highest BCUT2D eigenvalue weighted by Crippen LogP contribution is 2.41. The first-order chi connectivity index (χ1) is 12.7. The summed E-state index contributed by atoms with van der Waals surface area (Å²) < 4.78 is 0. The molecule has 140 valence electrons. The van der Waals surface area contributed by atoms with E-state index < -0.39 is 5.97 Å². The van der Waals surface area contributed by atoms with Crippen LogP contribution in [0.2, 0.25) is 5.02 Å². The Morgan fingerprint density at radius 2 is 2.04 bits per heavy atom. The molecule has 27 heavy (non-hydrogen) atoms. The van der Waals surface area contributed by atoms with Crippen molar-refractivity contribution < 1.29 is 9.90 Å². The summed E-state index contributed by atoms with van der Waals surface area (Å²) in [6.07, 6.45) is 3.96. The molecule has 0 saturated heterocycles. The van der Waals surface area contributed by atoms with Gasteiger partial charge in [0.15, 0.2) is 0 Å². The van der Waals surface area contributed by atoms with Crippen molar-refractivity contribution in [2.45, 2.75) is 33.2 Å². The highest BCUT2D eigenvalue weighted by atomic mass is 35.5. The minimum atomic E-state index is -0.970. The summed E-state index contributed by atoms with van der Waals surface area (Å²) in [7, 11) is 0. The van der Waals surface area contributed by atoms with Gasteiger partial charge in [0.2, 0.25) is 0 Å². The number of fused-ring (bicyclic) bond motifs is 1. The molecule has 1 heterocycles. The minimum Gasteiger partial charge on any atom is -0.478 e. The number of hydrogen-bond acceptors (Lipinski definition) is 3. The number of anilines is 1. The zero-order chi connectivity index (χ0) is 19.8. The Balaban J connectivity index is 2.01. The largest absolute Gasteiger partial charge is 0.478 e. The third kappa shape index (κ3) is 3.76. The first-order valence-electron chi connectivity index (χ1n) is 8.91. The summed E-state index contributed by atoms with van der Waals surface area (Å²) in [4.78, 5) is 17.9. The maximum Gasteiger partial charge on any atom is 0.335 e. The van der Waals surface area contributed by atoms with Crippen LogP contribution in [-0.2, 0) is 0 Å². The van der Waals surface area contributed by atoms with E-state index in [1.54, 1.807) is 24.4 Å². The van der Waals surface area contributed by atoms with Gasteiger partial charge in [0.05, 0.1) is 21.8 Å². The number of carboxylic acid groups (broad SMARTS) is 1. The molecule has 4 nitrogen and oxygen atoms in total. The van der Waals surface area contributed by atoms with Gasteiger partial charge in [-0.25, -0.2) is 4.79 Å². The predicted molar refractivity (Wildman–Crippen MR) is 113 cm³/mol. The zero-order valence-corrected chi connectivity index (χ0v) is 16.7. The van der Waals surface area contributed by atoms with Crippen LogP contribution in [0.25, 0.3) is 5.57 Å². The van der Waals surface area contributed by atoms with E-state index >= 15 is 0 Å². The van der Waals surface area contributed by atoms with Gasteiger partial charge in [-0.1, -0.05) is 23.7 Å². The van der Waals surface area contributed by atoms with Crippen LogP contribution in [0.15, 0.2) is 47.5 Å². The van der Waals surface area contributed by atoms with E-state index in [1.807, 2.05) is 12.1 Å². The molecule has 1 aliphatic heterocycles. The predicted octanol–water partition coefficient (Wildman–Crippen LogP) is 5.81. The molecule has 2 aromatic rings. The van der Waals surface area contributed by atoms with Crippen molar-refractivity contribution in [1.82, 2.24) is 0 Å². The van der Waals surface area contributed by atoms with Crippen molar-refractivity contribution >= 4 is 40.7 Å². The van der Waals surface area contributed by atoms with E-state index in [0.717, 1.165) is 23.4 Å². The lowest BCUT2D eigenvalue weighted by Gasteiger charge is -2.43. The van der Waals surface area contributed by atoms with E-state index in [2.05, 4.69) is 43.7 Å². The van der Waals surface area contributed by atoms with Crippen molar-refractivity contribution in [2.75, 3.05) is 11.4 Å². The highest BCUT2D eigenvalue weighted by molar-refractivity contribution is 6.33. The molecule has 0 atom stereocenters. The summed E-state index contributed by atoms with van der Waals surface area (Å²) >= 11 is 6.54. The van der Waals surface area contributed by atoms with E-state index in [4.69, 9.17) is 16.7 Å². The Hall–Kier alpha value is -2.59. The number of rotatable bonds is 4. The number of carboxylic acids is 1. The Morgan fingerprint density at radius 1 is 1.30 bits per heavy atom. The number of benzene rings is 2. The molecule has 5 heteroatoms. The fraction of sp³-hybridized carbons (Fsp3) is 0.273. The fourth-order valence-electron chi connectivity index (χ4n) is 3.65. The molecule has 0 aliphatic carbocycles. The number of nitrogens with zero attached hydrogens (tertiary/aromatic N) is 2. The fourth-order valence-corrected chi connectivity index (χ4v) is 3.86. The molecular formula is C22H23ClN2O2. The summed E-state index contributed by atoms with van der Waals surface area (Å²) in [5, 5.41) is 9.73. The lowest BCUT2D eigenvalue weighted by Crippen LogP contribution is -2.44. The molecule has 3 rings (SSSR count). The van der Waals surface area contributed by atoms with Crippen LogP contribution in [0.5, 0.6) is 0 Å². The standard InChI is InChI=1S/C22H23ClN2O2/c1-5-25-20-11-19(23)16(10-18(20)14(2)12-22(25,3)4)13-24-17-8-6-7-15(9-17)21(26)27/h6-13H,5H2,1-4H3,(H,26,27). The smallest absolute Gasteiger partial charge is 0.335 e. The molecule has 0 unspecified atom stereocenters. The Bertz CT molecular complexity index is 961. The van der Waals surface area contributed by atoms with Gasteiger partial charge in [0.25, 0.3) is 0 Å². The SMILES string of the molecule is CCN1c2cc(Cl)c(C=Nc3cccc(C(=O)O)c3)cc2C(C)=CC1(C)C. The van der Waals surface area contributed by atoms with Crippen LogP contribution >= 0.6 is 11.6 Å². The van der Waals surface area contributed by atoms with Crippen LogP contribution in [0.1, 0.15) is 49.2 Å². The van der Waals surface area contributed by atoms with Gasteiger partial charge in [0.1, 0.15) is 0 Å². The van der Waals surface area contributed by atoms with Crippen LogP contribution in [-0.4, -0.2) is 29.4 Å². The van der Waals surface area contributed by atoms with E-state index in [0.29, 0.717) is 10.7 Å². The maximum absolute atomic E-state index is 11.1. The number of hydrogen-bond donors (Lipinski definition) is 1. The van der Waals surface area contributed by atoms with Crippen molar-refractivity contribution in [2.24, 2.45) is 4.99 Å². The van der Waals surface area contributed by atoms with E-state index in [1.165, 1.54) is 11.6 Å². The number of likely N-dealkylation sites (N-methyl/N-ethyl adjacent to an activating group) is 1. The molecule has 0 fully saturated rings. The van der Waals surface area contributed by atoms with Crippen LogP contribution in [0, 0.1) is 0 Å². The molecule has 0 radical (unpaired) electrons. The maximum atomic E-state index is 11.1. The third-order valence-electron chi connectivity index (χ3n) is 4.86. The highest BCUT2D eigenvalue weighted by Gasteiger charge is 2.30. The van der Waals surface area contributed by atoms with E-state index in [9.17, 15) is 4.79 Å². The summed E-state index contributed by atoms with van der Waals surface area (Å²) in [5.41, 5.74) is 4.99. The zero-order valence-electron chi connectivity index (χ0n) is 16.0. The van der Waals surface area contributed by atoms with Gasteiger partial charge in [-0.05, 0) is 63.6 Å². The normalized spacial score (nSPS) is 15.6. The quantitative estimate of drug-likeness (QED) is 0.679. The lowest BCUT2D eigenvalue weighted by molar-refractivity contribution is 0.0697. The second-order valence-corrected chi connectivity index (χ2v) is 7.64. The summed E-state index contributed by atoms with van der Waals surface area (Å²) in [6.45, 7) is 9.52. The third-order valence-corrected chi connectivity index (χ3v) is 5.19. The molecule has 2 aromatic carbocycles. The molecule has 0 spiro atoms. The first-order valence-corrected chi connectivity index (χ1v) is 9.29. The number of aliphatic imine (C=N–C) groups is 1. The second kappa shape index (κ2) is 7.20. The number of carbonyl (C=O) groups is 1. The van der Waals surface area contributed by atoms with Crippen LogP contribution in [0.3, 0.4) is 0 Å². The van der Waals surface area contributed by atoms with Gasteiger partial charge in [-0.3, -0.25) is 4.99 Å². The lowest BCUT2D eigenvalue weighted by atomic mass is 9.88.